The van der Waals surface area contributed by atoms with E-state index in [9.17, 15) is 0 Å². The lowest BCUT2D eigenvalue weighted by atomic mass is 10.4. The molecule has 0 unspecified atom stereocenters. The van der Waals surface area contributed by atoms with Crippen LogP contribution in [0.4, 0.5) is 0 Å². The fourth-order valence-corrected chi connectivity index (χ4v) is 0.489. The van der Waals surface area contributed by atoms with Crippen molar-refractivity contribution in [3.05, 3.63) is 12.3 Å². The molecule has 0 radical (unpaired) electrons. The van der Waals surface area contributed by atoms with Crippen LogP contribution in [0.3, 0.4) is 0 Å². The average molecular weight is 115 g/mol. The molecule has 38 valence electrons. The molecule has 0 bridgehead atoms. The zero-order valence-corrected chi connectivity index (χ0v) is 4.49. The SMILES string of the molecule is S=C1CC=CON1. The fourth-order valence-electron chi connectivity index (χ4n) is 0.345. The highest BCUT2D eigenvalue weighted by molar-refractivity contribution is 7.80. The first-order chi connectivity index (χ1) is 3.39. The van der Waals surface area contributed by atoms with Gasteiger partial charge in [-0.05, 0) is 6.08 Å². The smallest absolute Gasteiger partial charge is 0.115 e. The third kappa shape index (κ3) is 1.16. The molecule has 3 heteroatoms. The van der Waals surface area contributed by atoms with Gasteiger partial charge in [0.25, 0.3) is 0 Å². The van der Waals surface area contributed by atoms with E-state index in [1.165, 1.54) is 0 Å². The molecule has 0 saturated heterocycles. The summed E-state index contributed by atoms with van der Waals surface area (Å²) >= 11 is 4.72. The quantitative estimate of drug-likeness (QED) is 0.471. The summed E-state index contributed by atoms with van der Waals surface area (Å²) in [4.78, 5) is 5.35. The lowest BCUT2D eigenvalue weighted by Gasteiger charge is -2.06. The minimum absolute atomic E-state index is 0.738. The van der Waals surface area contributed by atoms with E-state index in [0.717, 1.165) is 11.4 Å². The second-order valence-corrected chi connectivity index (χ2v) is 1.71. The van der Waals surface area contributed by atoms with E-state index in [4.69, 9.17) is 12.2 Å². The minimum Gasteiger partial charge on any atom is -0.390 e. The first-order valence-electron chi connectivity index (χ1n) is 1.99. The van der Waals surface area contributed by atoms with Crippen LogP contribution in [0.25, 0.3) is 0 Å². The third-order valence-electron chi connectivity index (χ3n) is 0.640. The van der Waals surface area contributed by atoms with Crippen molar-refractivity contribution in [1.29, 1.82) is 0 Å². The molecule has 0 saturated carbocycles. The predicted octanol–water partition coefficient (Wildman–Crippen LogP) is 0.752. The summed E-state index contributed by atoms with van der Waals surface area (Å²) in [7, 11) is 0. The molecule has 0 amide bonds. The third-order valence-corrected chi connectivity index (χ3v) is 0.890. The Bertz CT molecular complexity index is 110. The first kappa shape index (κ1) is 4.59. The van der Waals surface area contributed by atoms with E-state index in [-0.39, 0.29) is 0 Å². The molecule has 1 rings (SSSR count). The number of nitrogens with one attached hydrogen (secondary N) is 1. The maximum Gasteiger partial charge on any atom is 0.115 e. The molecular weight excluding hydrogens is 110 g/mol. The summed E-state index contributed by atoms with van der Waals surface area (Å²) in [5, 5.41) is 0. The maximum absolute atomic E-state index is 4.72. The van der Waals surface area contributed by atoms with Gasteiger partial charge in [0.05, 0.1) is 0 Å². The van der Waals surface area contributed by atoms with E-state index < -0.39 is 0 Å². The van der Waals surface area contributed by atoms with Crippen molar-refractivity contribution >= 4 is 17.2 Å². The highest BCUT2D eigenvalue weighted by Crippen LogP contribution is 1.91. The second-order valence-electron chi connectivity index (χ2n) is 1.22. The van der Waals surface area contributed by atoms with Gasteiger partial charge in [-0.1, -0.05) is 12.2 Å². The van der Waals surface area contributed by atoms with Gasteiger partial charge >= 0.3 is 0 Å². The lowest BCUT2D eigenvalue weighted by Crippen LogP contribution is -2.21. The normalized spacial score (nSPS) is 18.0. The first-order valence-corrected chi connectivity index (χ1v) is 2.40. The zero-order chi connectivity index (χ0) is 5.11. The Kier molecular flexibility index (Phi) is 1.26. The molecule has 0 aromatic carbocycles. The predicted molar refractivity (Wildman–Crippen MR) is 30.6 cm³/mol. The van der Waals surface area contributed by atoms with Crippen molar-refractivity contribution in [2.75, 3.05) is 0 Å². The Morgan fingerprint density at radius 1 is 1.86 bits per heavy atom. The molecule has 0 aliphatic carbocycles. The largest absolute Gasteiger partial charge is 0.390 e. The topological polar surface area (TPSA) is 21.3 Å². The monoisotopic (exact) mass is 115 g/mol. The fraction of sp³-hybridized carbons (Fsp3) is 0.250. The number of rotatable bonds is 0. The average Bonchev–Trinajstić information content (AvgIpc) is 1.69. The van der Waals surface area contributed by atoms with Gasteiger partial charge in [-0.3, -0.25) is 0 Å². The van der Waals surface area contributed by atoms with E-state index in [0.29, 0.717) is 0 Å². The Hall–Kier alpha value is -0.570. The van der Waals surface area contributed by atoms with E-state index in [2.05, 4.69) is 10.3 Å². The van der Waals surface area contributed by atoms with Gasteiger partial charge in [-0.15, -0.1) is 0 Å². The van der Waals surface area contributed by atoms with Gasteiger partial charge in [0.1, 0.15) is 11.3 Å². The van der Waals surface area contributed by atoms with Crippen molar-refractivity contribution in [2.24, 2.45) is 0 Å². The van der Waals surface area contributed by atoms with Gasteiger partial charge in [0, 0.05) is 6.42 Å². The summed E-state index contributed by atoms with van der Waals surface area (Å²) < 4.78 is 0. The summed E-state index contributed by atoms with van der Waals surface area (Å²) in [6.07, 6.45) is 4.24. The summed E-state index contributed by atoms with van der Waals surface area (Å²) in [5.41, 5.74) is 2.53. The van der Waals surface area contributed by atoms with E-state index in [1.54, 1.807) is 6.26 Å². The molecule has 2 nitrogen and oxygen atoms in total. The molecule has 7 heavy (non-hydrogen) atoms. The minimum atomic E-state index is 0.738. The van der Waals surface area contributed by atoms with Crippen LogP contribution in [0.1, 0.15) is 6.42 Å². The van der Waals surface area contributed by atoms with Gasteiger partial charge < -0.3 is 4.84 Å². The number of hydrogen-bond acceptors (Lipinski definition) is 2. The molecule has 1 aliphatic rings. The van der Waals surface area contributed by atoms with Crippen LogP contribution in [0, 0.1) is 0 Å². The summed E-state index contributed by atoms with van der Waals surface area (Å²) in [5.74, 6) is 0. The number of hydroxylamine groups is 1. The van der Waals surface area contributed by atoms with Crippen molar-refractivity contribution in [3.8, 4) is 0 Å². The van der Waals surface area contributed by atoms with Crippen LogP contribution in [0.15, 0.2) is 12.3 Å². The van der Waals surface area contributed by atoms with Crippen molar-refractivity contribution < 1.29 is 4.84 Å². The van der Waals surface area contributed by atoms with Gasteiger partial charge in [0.15, 0.2) is 0 Å². The molecular formula is C4H5NOS. The van der Waals surface area contributed by atoms with Gasteiger partial charge in [-0.25, -0.2) is 5.48 Å². The Labute approximate surface area is 47.1 Å². The molecule has 1 heterocycles. The standard InChI is InChI=1S/C4H5NOS/c7-4-2-1-3-6-5-4/h1,3H,2H2,(H,5,7). The van der Waals surface area contributed by atoms with Crippen LogP contribution < -0.4 is 5.48 Å². The van der Waals surface area contributed by atoms with Gasteiger partial charge in [0.2, 0.25) is 0 Å². The highest BCUT2D eigenvalue weighted by atomic mass is 32.1. The Morgan fingerprint density at radius 2 is 2.71 bits per heavy atom. The number of hydrogen-bond donors (Lipinski definition) is 1. The maximum atomic E-state index is 4.72. The van der Waals surface area contributed by atoms with Crippen molar-refractivity contribution in [2.45, 2.75) is 6.42 Å². The second kappa shape index (κ2) is 1.93. The molecule has 0 fully saturated rings. The Balaban J connectivity index is 2.47. The van der Waals surface area contributed by atoms with E-state index in [1.807, 2.05) is 6.08 Å². The molecule has 0 spiro atoms. The van der Waals surface area contributed by atoms with Crippen molar-refractivity contribution in [3.63, 3.8) is 0 Å². The summed E-state index contributed by atoms with van der Waals surface area (Å²) in [6.45, 7) is 0. The molecule has 1 N–H and O–H groups in total. The highest BCUT2D eigenvalue weighted by Gasteiger charge is 1.94. The zero-order valence-electron chi connectivity index (χ0n) is 3.68. The van der Waals surface area contributed by atoms with Crippen LogP contribution in [0.5, 0.6) is 0 Å². The van der Waals surface area contributed by atoms with Crippen LogP contribution in [-0.2, 0) is 4.84 Å². The summed E-state index contributed by atoms with van der Waals surface area (Å²) in [6, 6.07) is 0. The van der Waals surface area contributed by atoms with Crippen molar-refractivity contribution in [1.82, 2.24) is 5.48 Å². The Morgan fingerprint density at radius 3 is 3.00 bits per heavy atom. The van der Waals surface area contributed by atoms with E-state index >= 15 is 0 Å². The van der Waals surface area contributed by atoms with Gasteiger partial charge in [-0.2, -0.15) is 0 Å². The van der Waals surface area contributed by atoms with Crippen LogP contribution in [0.2, 0.25) is 0 Å². The van der Waals surface area contributed by atoms with Crippen LogP contribution in [-0.4, -0.2) is 4.99 Å². The number of thiocarbonyl (C=S) groups is 1. The molecule has 1 aliphatic heterocycles. The van der Waals surface area contributed by atoms with Crippen LogP contribution >= 0.6 is 12.2 Å². The lowest BCUT2D eigenvalue weighted by molar-refractivity contribution is 0.188. The molecule has 0 aromatic heterocycles. The molecule has 0 atom stereocenters. The molecule has 0 aromatic rings.